The molecule has 7 heteroatoms. The van der Waals surface area contributed by atoms with Gasteiger partial charge in [0.05, 0.1) is 17.8 Å². The molecule has 0 fully saturated rings. The summed E-state index contributed by atoms with van der Waals surface area (Å²) in [5, 5.41) is 9.85. The molecule has 0 spiro atoms. The first-order valence-corrected chi connectivity index (χ1v) is 7.70. The highest BCUT2D eigenvalue weighted by atomic mass is 32.2. The Bertz CT molecular complexity index is 454. The van der Waals surface area contributed by atoms with Gasteiger partial charge >= 0.3 is 0 Å². The first-order valence-electron chi connectivity index (χ1n) is 5.40. The molecule has 1 aromatic rings. The van der Waals surface area contributed by atoms with E-state index in [1.54, 1.807) is 6.92 Å². The Labute approximate surface area is 106 Å². The van der Waals surface area contributed by atoms with Crippen LogP contribution in [0.3, 0.4) is 0 Å². The number of aromatic nitrogens is 1. The van der Waals surface area contributed by atoms with Crippen molar-refractivity contribution in [1.29, 1.82) is 0 Å². The van der Waals surface area contributed by atoms with Crippen LogP contribution in [0, 0.1) is 12.8 Å². The highest BCUT2D eigenvalue weighted by Crippen LogP contribution is 2.18. The quantitative estimate of drug-likeness (QED) is 0.817. The number of thiazole rings is 1. The molecule has 17 heavy (non-hydrogen) atoms. The minimum Gasteiger partial charge on any atom is -0.395 e. The molecule has 0 radical (unpaired) electrons. The molecule has 1 rings (SSSR count). The monoisotopic (exact) mass is 278 g/mol. The van der Waals surface area contributed by atoms with Crippen LogP contribution in [0.2, 0.25) is 0 Å². The summed E-state index contributed by atoms with van der Waals surface area (Å²) in [7, 11) is -3.55. The van der Waals surface area contributed by atoms with Crippen LogP contribution in [0.25, 0.3) is 0 Å². The van der Waals surface area contributed by atoms with Crippen molar-refractivity contribution in [1.82, 2.24) is 9.71 Å². The van der Waals surface area contributed by atoms with Crippen molar-refractivity contribution in [2.24, 2.45) is 5.92 Å². The van der Waals surface area contributed by atoms with E-state index < -0.39 is 16.1 Å². The number of nitrogens with one attached hydrogen (secondary N) is 1. The number of hydrogen-bond donors (Lipinski definition) is 2. The number of sulfonamides is 1. The van der Waals surface area contributed by atoms with Crippen molar-refractivity contribution in [2.45, 2.75) is 37.4 Å². The standard InChI is InChI=1S/C10H18N2O3S2/c1-7(2)4-9(6-13)12-17(14,15)10-5-11-8(3)16-10/h5,7,9,12-13H,4,6H2,1-3H3. The normalized spacial score (nSPS) is 14.2. The number of aliphatic hydroxyl groups excluding tert-OH is 1. The lowest BCUT2D eigenvalue weighted by Gasteiger charge is -2.17. The summed E-state index contributed by atoms with van der Waals surface area (Å²) in [4.78, 5) is 3.91. The Balaban J connectivity index is 2.78. The summed E-state index contributed by atoms with van der Waals surface area (Å²) in [5.74, 6) is 0.318. The maximum atomic E-state index is 11.9. The third-order valence-corrected chi connectivity index (χ3v) is 5.06. The average Bonchev–Trinajstić information content (AvgIpc) is 2.63. The van der Waals surface area contributed by atoms with Crippen molar-refractivity contribution in [3.8, 4) is 0 Å². The molecular formula is C10H18N2O3S2. The Morgan fingerprint density at radius 2 is 2.18 bits per heavy atom. The van der Waals surface area contributed by atoms with Crippen LogP contribution in [-0.4, -0.2) is 31.2 Å². The average molecular weight is 278 g/mol. The van der Waals surface area contributed by atoms with Crippen molar-refractivity contribution in [3.05, 3.63) is 11.2 Å². The van der Waals surface area contributed by atoms with E-state index in [-0.39, 0.29) is 10.8 Å². The van der Waals surface area contributed by atoms with Crippen LogP contribution in [0.5, 0.6) is 0 Å². The third kappa shape index (κ3) is 4.34. The van der Waals surface area contributed by atoms with E-state index in [2.05, 4.69) is 9.71 Å². The molecule has 1 atom stereocenters. The zero-order valence-electron chi connectivity index (χ0n) is 10.2. The van der Waals surface area contributed by atoms with E-state index in [1.165, 1.54) is 6.20 Å². The molecule has 0 aliphatic rings. The van der Waals surface area contributed by atoms with Gasteiger partial charge in [0.15, 0.2) is 4.21 Å². The first-order chi connectivity index (χ1) is 7.85. The smallest absolute Gasteiger partial charge is 0.252 e. The Morgan fingerprint density at radius 3 is 2.59 bits per heavy atom. The zero-order chi connectivity index (χ0) is 13.1. The van der Waals surface area contributed by atoms with E-state index in [9.17, 15) is 8.42 Å². The summed E-state index contributed by atoms with van der Waals surface area (Å²) >= 11 is 1.12. The van der Waals surface area contributed by atoms with Crippen LogP contribution >= 0.6 is 11.3 Å². The van der Waals surface area contributed by atoms with Gasteiger partial charge in [0, 0.05) is 6.04 Å². The summed E-state index contributed by atoms with van der Waals surface area (Å²) in [5.41, 5.74) is 0. The van der Waals surface area contributed by atoms with E-state index in [1.807, 2.05) is 13.8 Å². The molecule has 1 aromatic heterocycles. The minimum atomic E-state index is -3.55. The molecule has 1 heterocycles. The minimum absolute atomic E-state index is 0.192. The molecule has 0 saturated carbocycles. The molecule has 0 saturated heterocycles. The molecular weight excluding hydrogens is 260 g/mol. The Kier molecular flexibility index (Phi) is 5.05. The van der Waals surface area contributed by atoms with Gasteiger partial charge in [-0.25, -0.2) is 18.1 Å². The second kappa shape index (κ2) is 5.90. The summed E-state index contributed by atoms with van der Waals surface area (Å²) in [6, 6.07) is -0.442. The fraction of sp³-hybridized carbons (Fsp3) is 0.700. The molecule has 0 amide bonds. The van der Waals surface area contributed by atoms with Gasteiger partial charge in [-0.1, -0.05) is 13.8 Å². The van der Waals surface area contributed by atoms with E-state index in [0.29, 0.717) is 17.3 Å². The molecule has 0 aliphatic heterocycles. The number of aryl methyl sites for hydroxylation is 1. The van der Waals surface area contributed by atoms with Gasteiger partial charge in [-0.2, -0.15) is 0 Å². The SMILES string of the molecule is Cc1ncc(S(=O)(=O)NC(CO)CC(C)C)s1. The largest absolute Gasteiger partial charge is 0.395 e. The van der Waals surface area contributed by atoms with Crippen molar-refractivity contribution in [2.75, 3.05) is 6.61 Å². The van der Waals surface area contributed by atoms with Crippen LogP contribution in [0.15, 0.2) is 10.4 Å². The number of hydrogen-bond acceptors (Lipinski definition) is 5. The van der Waals surface area contributed by atoms with Crippen LogP contribution in [-0.2, 0) is 10.0 Å². The molecule has 0 aliphatic carbocycles. The number of aliphatic hydroxyl groups is 1. The first kappa shape index (κ1) is 14.6. The van der Waals surface area contributed by atoms with Gasteiger partial charge in [-0.3, -0.25) is 0 Å². The maximum Gasteiger partial charge on any atom is 0.252 e. The van der Waals surface area contributed by atoms with Gasteiger partial charge in [0.25, 0.3) is 10.0 Å². The van der Waals surface area contributed by atoms with Crippen molar-refractivity contribution >= 4 is 21.4 Å². The predicted octanol–water partition coefficient (Wildman–Crippen LogP) is 1.14. The van der Waals surface area contributed by atoms with Gasteiger partial charge in [0.2, 0.25) is 0 Å². The van der Waals surface area contributed by atoms with E-state index in [4.69, 9.17) is 5.11 Å². The summed E-state index contributed by atoms with van der Waals surface area (Å²) in [6.45, 7) is 5.51. The fourth-order valence-corrected chi connectivity index (χ4v) is 3.84. The lowest BCUT2D eigenvalue weighted by atomic mass is 10.1. The van der Waals surface area contributed by atoms with Gasteiger partial charge < -0.3 is 5.11 Å². The lowest BCUT2D eigenvalue weighted by Crippen LogP contribution is -2.38. The molecule has 0 bridgehead atoms. The molecule has 0 aromatic carbocycles. The summed E-state index contributed by atoms with van der Waals surface area (Å²) in [6.07, 6.45) is 1.94. The summed E-state index contributed by atoms with van der Waals surface area (Å²) < 4.78 is 26.6. The second-order valence-corrected chi connectivity index (χ2v) is 7.50. The Hall–Kier alpha value is -0.500. The maximum absolute atomic E-state index is 11.9. The molecule has 1 unspecified atom stereocenters. The number of nitrogens with zero attached hydrogens (tertiary/aromatic N) is 1. The molecule has 2 N–H and O–H groups in total. The zero-order valence-corrected chi connectivity index (χ0v) is 11.8. The molecule has 5 nitrogen and oxygen atoms in total. The lowest BCUT2D eigenvalue weighted by molar-refractivity contribution is 0.240. The van der Waals surface area contributed by atoms with Crippen LogP contribution in [0.4, 0.5) is 0 Å². The second-order valence-electron chi connectivity index (χ2n) is 4.33. The van der Waals surface area contributed by atoms with E-state index >= 15 is 0 Å². The van der Waals surface area contributed by atoms with Gasteiger partial charge in [0.1, 0.15) is 0 Å². The highest BCUT2D eigenvalue weighted by molar-refractivity contribution is 7.91. The van der Waals surface area contributed by atoms with Crippen molar-refractivity contribution in [3.63, 3.8) is 0 Å². The third-order valence-electron chi connectivity index (χ3n) is 2.16. The van der Waals surface area contributed by atoms with Crippen LogP contribution < -0.4 is 4.72 Å². The number of rotatable bonds is 6. The fourth-order valence-electron chi connectivity index (χ4n) is 1.47. The highest BCUT2D eigenvalue weighted by Gasteiger charge is 2.22. The van der Waals surface area contributed by atoms with Gasteiger partial charge in [-0.15, -0.1) is 11.3 Å². The van der Waals surface area contributed by atoms with E-state index in [0.717, 1.165) is 11.3 Å². The predicted molar refractivity (Wildman–Crippen MR) is 67.5 cm³/mol. The van der Waals surface area contributed by atoms with Gasteiger partial charge in [-0.05, 0) is 19.3 Å². The van der Waals surface area contributed by atoms with Crippen LogP contribution in [0.1, 0.15) is 25.3 Å². The van der Waals surface area contributed by atoms with Crippen molar-refractivity contribution < 1.29 is 13.5 Å². The molecule has 98 valence electrons. The topological polar surface area (TPSA) is 79.3 Å². The Morgan fingerprint density at radius 1 is 1.53 bits per heavy atom.